The predicted octanol–water partition coefficient (Wildman–Crippen LogP) is 3.74. The molecule has 2 rings (SSSR count). The average Bonchev–Trinajstić information content (AvgIpc) is 2.47. The van der Waals surface area contributed by atoms with Crippen molar-refractivity contribution >= 4 is 11.6 Å². The van der Waals surface area contributed by atoms with E-state index in [0.29, 0.717) is 23.9 Å². The molecule has 0 radical (unpaired) electrons. The molecule has 0 aromatic heterocycles. The Morgan fingerprint density at radius 2 is 1.86 bits per heavy atom. The molecule has 0 amide bonds. The lowest BCUT2D eigenvalue weighted by Gasteiger charge is -2.12. The van der Waals surface area contributed by atoms with Gasteiger partial charge in [-0.3, -0.25) is 0 Å². The molecule has 2 aromatic carbocycles. The lowest BCUT2D eigenvalue weighted by Crippen LogP contribution is -2.03. The molecule has 0 aliphatic carbocycles. The summed E-state index contributed by atoms with van der Waals surface area (Å²) in [4.78, 5) is 0. The van der Waals surface area contributed by atoms with Crippen LogP contribution >= 0.6 is 11.6 Å². The smallest absolute Gasteiger partial charge is 0.138 e. The second-order valence-corrected chi connectivity index (χ2v) is 5.31. The molecule has 0 bridgehead atoms. The van der Waals surface area contributed by atoms with Gasteiger partial charge in [-0.2, -0.15) is 0 Å². The van der Waals surface area contributed by atoms with E-state index in [1.54, 1.807) is 7.11 Å². The highest BCUT2D eigenvalue weighted by atomic mass is 35.5. The van der Waals surface area contributed by atoms with Gasteiger partial charge in [0, 0.05) is 5.56 Å². The molecule has 3 nitrogen and oxygen atoms in total. The summed E-state index contributed by atoms with van der Waals surface area (Å²) in [6, 6.07) is 11.8. The van der Waals surface area contributed by atoms with Gasteiger partial charge in [0.1, 0.15) is 18.1 Å². The zero-order valence-electron chi connectivity index (χ0n) is 12.4. The van der Waals surface area contributed by atoms with Gasteiger partial charge >= 0.3 is 0 Å². The Bertz CT molecular complexity index is 614. The molecule has 0 saturated carbocycles. The number of methoxy groups -OCH3 is 1. The zero-order valence-corrected chi connectivity index (χ0v) is 13.1. The topological polar surface area (TPSA) is 44.5 Å². The minimum Gasteiger partial charge on any atom is -0.496 e. The molecule has 0 heterocycles. The molecule has 2 N–H and O–H groups in total. The van der Waals surface area contributed by atoms with Crippen molar-refractivity contribution in [1.29, 1.82) is 0 Å². The largest absolute Gasteiger partial charge is 0.496 e. The molecular formula is C17H20ClNO2. The fourth-order valence-electron chi connectivity index (χ4n) is 2.16. The quantitative estimate of drug-likeness (QED) is 0.884. The van der Waals surface area contributed by atoms with Gasteiger partial charge < -0.3 is 15.2 Å². The van der Waals surface area contributed by atoms with Crippen molar-refractivity contribution in [2.75, 3.05) is 13.7 Å². The highest BCUT2D eigenvalue weighted by molar-refractivity contribution is 6.32. The molecule has 0 aliphatic rings. The monoisotopic (exact) mass is 305 g/mol. The molecule has 0 aliphatic heterocycles. The van der Waals surface area contributed by atoms with Crippen molar-refractivity contribution in [2.24, 2.45) is 5.73 Å². The molecule has 0 unspecified atom stereocenters. The summed E-state index contributed by atoms with van der Waals surface area (Å²) in [7, 11) is 1.66. The number of hydrogen-bond donors (Lipinski definition) is 1. The molecular weight excluding hydrogens is 286 g/mol. The SMILES string of the molecule is COc1ccc(C)cc1COc1ccc(CCN)cc1Cl. The first kappa shape index (κ1) is 15.7. The standard InChI is InChI=1S/C17H20ClNO2/c1-12-3-5-16(20-2)14(9-12)11-21-17-6-4-13(7-8-19)10-15(17)18/h3-6,9-10H,7-8,11,19H2,1-2H3. The summed E-state index contributed by atoms with van der Waals surface area (Å²) < 4.78 is 11.2. The van der Waals surface area contributed by atoms with Crippen molar-refractivity contribution in [3.63, 3.8) is 0 Å². The predicted molar refractivity (Wildman–Crippen MR) is 86.3 cm³/mol. The van der Waals surface area contributed by atoms with E-state index in [1.165, 1.54) is 5.56 Å². The normalized spacial score (nSPS) is 10.5. The minimum absolute atomic E-state index is 0.417. The van der Waals surface area contributed by atoms with Gasteiger partial charge in [-0.25, -0.2) is 0 Å². The van der Waals surface area contributed by atoms with E-state index >= 15 is 0 Å². The molecule has 2 aromatic rings. The van der Waals surface area contributed by atoms with E-state index < -0.39 is 0 Å². The van der Waals surface area contributed by atoms with Gasteiger partial charge in [-0.1, -0.05) is 29.3 Å². The number of nitrogens with two attached hydrogens (primary N) is 1. The van der Waals surface area contributed by atoms with Crippen molar-refractivity contribution in [2.45, 2.75) is 20.0 Å². The van der Waals surface area contributed by atoms with E-state index in [4.69, 9.17) is 26.8 Å². The molecule has 0 saturated heterocycles. The molecule has 21 heavy (non-hydrogen) atoms. The van der Waals surface area contributed by atoms with E-state index in [9.17, 15) is 0 Å². The fraction of sp³-hybridized carbons (Fsp3) is 0.294. The first-order valence-electron chi connectivity index (χ1n) is 6.89. The van der Waals surface area contributed by atoms with Gasteiger partial charge in [-0.15, -0.1) is 0 Å². The van der Waals surface area contributed by atoms with Crippen LogP contribution in [0.2, 0.25) is 5.02 Å². The number of benzene rings is 2. The summed E-state index contributed by atoms with van der Waals surface area (Å²) in [5.41, 5.74) is 8.82. The van der Waals surface area contributed by atoms with Gasteiger partial charge in [0.15, 0.2) is 0 Å². The maximum absolute atomic E-state index is 6.24. The zero-order chi connectivity index (χ0) is 15.2. The Morgan fingerprint density at radius 1 is 1.10 bits per heavy atom. The molecule has 112 valence electrons. The first-order chi connectivity index (χ1) is 10.1. The summed E-state index contributed by atoms with van der Waals surface area (Å²) in [5.74, 6) is 1.48. The maximum atomic E-state index is 6.24. The van der Waals surface area contributed by atoms with Crippen LogP contribution in [0.25, 0.3) is 0 Å². The van der Waals surface area contributed by atoms with Crippen LogP contribution in [0.15, 0.2) is 36.4 Å². The number of ether oxygens (including phenoxy) is 2. The molecule has 0 atom stereocenters. The van der Waals surface area contributed by atoms with Crippen molar-refractivity contribution in [1.82, 2.24) is 0 Å². The highest BCUT2D eigenvalue weighted by Crippen LogP contribution is 2.28. The second kappa shape index (κ2) is 7.34. The molecule has 0 spiro atoms. The minimum atomic E-state index is 0.417. The van der Waals surface area contributed by atoms with Gasteiger partial charge in [-0.05, 0) is 49.7 Å². The molecule has 4 heteroatoms. The lowest BCUT2D eigenvalue weighted by molar-refractivity contribution is 0.296. The van der Waals surface area contributed by atoms with Gasteiger partial charge in [0.05, 0.1) is 12.1 Å². The van der Waals surface area contributed by atoms with E-state index in [-0.39, 0.29) is 0 Å². The van der Waals surface area contributed by atoms with Crippen molar-refractivity contribution in [3.05, 3.63) is 58.1 Å². The number of halogens is 1. The van der Waals surface area contributed by atoms with Crippen LogP contribution in [0.5, 0.6) is 11.5 Å². The van der Waals surface area contributed by atoms with Gasteiger partial charge in [0.2, 0.25) is 0 Å². The number of aryl methyl sites for hydroxylation is 1. The van der Waals surface area contributed by atoms with Crippen LogP contribution in [0.3, 0.4) is 0 Å². The number of hydrogen-bond acceptors (Lipinski definition) is 3. The van der Waals surface area contributed by atoms with E-state index in [0.717, 1.165) is 23.3 Å². The highest BCUT2D eigenvalue weighted by Gasteiger charge is 2.07. The summed E-state index contributed by atoms with van der Waals surface area (Å²) >= 11 is 6.24. The Hall–Kier alpha value is -1.71. The van der Waals surface area contributed by atoms with Crippen LogP contribution in [-0.2, 0) is 13.0 Å². The third-order valence-corrected chi connectivity index (χ3v) is 3.54. The summed E-state index contributed by atoms with van der Waals surface area (Å²) in [5, 5.41) is 0.604. The van der Waals surface area contributed by atoms with Crippen molar-refractivity contribution < 1.29 is 9.47 Å². The van der Waals surface area contributed by atoms with E-state index in [1.807, 2.05) is 37.3 Å². The van der Waals surface area contributed by atoms with Crippen LogP contribution in [-0.4, -0.2) is 13.7 Å². The van der Waals surface area contributed by atoms with E-state index in [2.05, 4.69) is 6.07 Å². The second-order valence-electron chi connectivity index (χ2n) is 4.91. The van der Waals surface area contributed by atoms with Crippen molar-refractivity contribution in [3.8, 4) is 11.5 Å². The lowest BCUT2D eigenvalue weighted by atomic mass is 10.1. The van der Waals surface area contributed by atoms with Crippen LogP contribution in [0.4, 0.5) is 0 Å². The average molecular weight is 306 g/mol. The Labute approximate surface area is 130 Å². The maximum Gasteiger partial charge on any atom is 0.138 e. The van der Waals surface area contributed by atoms with Crippen LogP contribution in [0.1, 0.15) is 16.7 Å². The Kier molecular flexibility index (Phi) is 5.48. The Balaban J connectivity index is 2.11. The Morgan fingerprint density at radius 3 is 2.52 bits per heavy atom. The number of rotatable bonds is 6. The first-order valence-corrected chi connectivity index (χ1v) is 7.26. The van der Waals surface area contributed by atoms with Crippen LogP contribution in [0, 0.1) is 6.92 Å². The fourth-order valence-corrected chi connectivity index (χ4v) is 2.42. The third-order valence-electron chi connectivity index (χ3n) is 3.25. The third kappa shape index (κ3) is 4.13. The van der Waals surface area contributed by atoms with Crippen LogP contribution < -0.4 is 15.2 Å². The molecule has 0 fully saturated rings. The van der Waals surface area contributed by atoms with Gasteiger partial charge in [0.25, 0.3) is 0 Å². The summed E-state index contributed by atoms with van der Waals surface area (Å²) in [6.07, 6.45) is 0.811. The summed E-state index contributed by atoms with van der Waals surface area (Å²) in [6.45, 7) is 3.06.